The van der Waals surface area contributed by atoms with Gasteiger partial charge in [-0.05, 0) is 12.3 Å². The van der Waals surface area contributed by atoms with Gasteiger partial charge in [0.1, 0.15) is 0 Å². The van der Waals surface area contributed by atoms with Gasteiger partial charge in [0.25, 0.3) is 0 Å². The molecule has 0 fully saturated rings. The topological polar surface area (TPSA) is 26.0 Å². The zero-order valence-corrected chi connectivity index (χ0v) is 7.19. The van der Waals surface area contributed by atoms with Crippen molar-refractivity contribution in [1.82, 2.24) is 0 Å². The van der Waals surface area contributed by atoms with Gasteiger partial charge in [0.15, 0.2) is 0 Å². The zero-order valence-electron chi connectivity index (χ0n) is 7.19. The van der Waals surface area contributed by atoms with E-state index in [1.807, 2.05) is 0 Å². The first-order chi connectivity index (χ1) is 4.68. The number of rotatable bonds is 5. The van der Waals surface area contributed by atoms with E-state index in [1.165, 1.54) is 25.7 Å². The van der Waals surface area contributed by atoms with Gasteiger partial charge in [0, 0.05) is 5.70 Å². The van der Waals surface area contributed by atoms with Crippen LogP contribution in [-0.4, -0.2) is 0 Å². The summed E-state index contributed by atoms with van der Waals surface area (Å²) in [6, 6.07) is 0. The lowest BCUT2D eigenvalue weighted by molar-refractivity contribution is 0.551. The van der Waals surface area contributed by atoms with Gasteiger partial charge in [0.05, 0.1) is 0 Å². The van der Waals surface area contributed by atoms with Crippen LogP contribution in [0.15, 0.2) is 12.3 Å². The summed E-state index contributed by atoms with van der Waals surface area (Å²) in [5.41, 5.74) is 6.35. The van der Waals surface area contributed by atoms with Crippen LogP contribution in [0.2, 0.25) is 0 Å². The van der Waals surface area contributed by atoms with Crippen LogP contribution in [0.3, 0.4) is 0 Å². The first kappa shape index (κ1) is 9.54. The van der Waals surface area contributed by atoms with Crippen molar-refractivity contribution < 1.29 is 0 Å². The van der Waals surface area contributed by atoms with E-state index in [-0.39, 0.29) is 0 Å². The predicted octanol–water partition coefficient (Wildman–Crippen LogP) is 2.68. The molecule has 0 rings (SSSR count). The van der Waals surface area contributed by atoms with Crippen molar-refractivity contribution in [3.8, 4) is 0 Å². The molecule has 0 aromatic carbocycles. The summed E-state index contributed by atoms with van der Waals surface area (Å²) in [6.07, 6.45) is 5.08. The lowest BCUT2D eigenvalue weighted by Gasteiger charge is -2.08. The van der Waals surface area contributed by atoms with E-state index in [2.05, 4.69) is 20.4 Å². The molecule has 0 bridgehead atoms. The number of allylic oxidation sites excluding steroid dienone is 1. The third-order valence-corrected chi connectivity index (χ3v) is 1.87. The van der Waals surface area contributed by atoms with E-state index in [4.69, 9.17) is 5.73 Å². The molecule has 0 saturated heterocycles. The second kappa shape index (κ2) is 5.33. The van der Waals surface area contributed by atoms with Crippen molar-refractivity contribution in [2.24, 2.45) is 11.7 Å². The Balaban J connectivity index is 3.21. The van der Waals surface area contributed by atoms with E-state index in [0.29, 0.717) is 5.92 Å². The fourth-order valence-electron chi connectivity index (χ4n) is 0.886. The second-order valence-electron chi connectivity index (χ2n) is 2.97. The molecule has 0 amide bonds. The van der Waals surface area contributed by atoms with Gasteiger partial charge in [-0.2, -0.15) is 0 Å². The van der Waals surface area contributed by atoms with Crippen molar-refractivity contribution in [1.29, 1.82) is 0 Å². The molecule has 0 saturated carbocycles. The average Bonchev–Trinajstić information content (AvgIpc) is 1.88. The molecule has 0 spiro atoms. The fourth-order valence-corrected chi connectivity index (χ4v) is 0.886. The van der Waals surface area contributed by atoms with Crippen LogP contribution < -0.4 is 5.73 Å². The first-order valence-corrected chi connectivity index (χ1v) is 4.12. The standard InChI is InChI=1S/C9H19N/c1-4-5-6-7-8(2)9(3)10/h8H,3-7,10H2,1-2H3. The quantitative estimate of drug-likeness (QED) is 0.585. The molecule has 0 aromatic rings. The minimum Gasteiger partial charge on any atom is -0.402 e. The maximum atomic E-state index is 5.52. The Bertz CT molecular complexity index is 96.9. The maximum absolute atomic E-state index is 5.52. The van der Waals surface area contributed by atoms with E-state index in [9.17, 15) is 0 Å². The molecule has 1 atom stereocenters. The van der Waals surface area contributed by atoms with Crippen molar-refractivity contribution in [3.63, 3.8) is 0 Å². The van der Waals surface area contributed by atoms with Gasteiger partial charge in [0.2, 0.25) is 0 Å². The van der Waals surface area contributed by atoms with Crippen molar-refractivity contribution in [2.75, 3.05) is 0 Å². The molecule has 0 aliphatic carbocycles. The smallest absolute Gasteiger partial charge is 0.00362 e. The van der Waals surface area contributed by atoms with Crippen molar-refractivity contribution in [2.45, 2.75) is 39.5 Å². The number of hydrogen-bond donors (Lipinski definition) is 1. The maximum Gasteiger partial charge on any atom is 0.00362 e. The molecule has 1 nitrogen and oxygen atoms in total. The van der Waals surface area contributed by atoms with Gasteiger partial charge in [-0.25, -0.2) is 0 Å². The third kappa shape index (κ3) is 4.42. The molecule has 0 aliphatic heterocycles. The molecule has 60 valence electrons. The van der Waals surface area contributed by atoms with Crippen LogP contribution >= 0.6 is 0 Å². The highest BCUT2D eigenvalue weighted by Crippen LogP contribution is 2.12. The van der Waals surface area contributed by atoms with Gasteiger partial charge >= 0.3 is 0 Å². The number of unbranched alkanes of at least 4 members (excludes halogenated alkanes) is 2. The number of hydrogen-bond acceptors (Lipinski definition) is 1. The Morgan fingerprint density at radius 1 is 1.50 bits per heavy atom. The lowest BCUT2D eigenvalue weighted by atomic mass is 10.0. The van der Waals surface area contributed by atoms with Crippen LogP contribution in [0.25, 0.3) is 0 Å². The normalized spacial score (nSPS) is 13.0. The van der Waals surface area contributed by atoms with Crippen LogP contribution in [0, 0.1) is 5.92 Å². The average molecular weight is 141 g/mol. The Morgan fingerprint density at radius 2 is 2.10 bits per heavy atom. The Morgan fingerprint density at radius 3 is 2.50 bits per heavy atom. The Hall–Kier alpha value is -0.460. The van der Waals surface area contributed by atoms with Crippen molar-refractivity contribution >= 4 is 0 Å². The van der Waals surface area contributed by atoms with Gasteiger partial charge in [-0.1, -0.05) is 39.7 Å². The summed E-state index contributed by atoms with van der Waals surface area (Å²) >= 11 is 0. The Kier molecular flexibility index (Phi) is 5.09. The molecule has 10 heavy (non-hydrogen) atoms. The molecule has 2 N–H and O–H groups in total. The summed E-state index contributed by atoms with van der Waals surface area (Å²) < 4.78 is 0. The molecular weight excluding hydrogens is 122 g/mol. The number of nitrogens with two attached hydrogens (primary N) is 1. The van der Waals surface area contributed by atoms with Crippen LogP contribution in [0.4, 0.5) is 0 Å². The minimum absolute atomic E-state index is 0.506. The fraction of sp³-hybridized carbons (Fsp3) is 0.778. The molecule has 0 aliphatic rings. The van der Waals surface area contributed by atoms with E-state index in [1.54, 1.807) is 0 Å². The van der Waals surface area contributed by atoms with Gasteiger partial charge in [-0.15, -0.1) is 0 Å². The second-order valence-corrected chi connectivity index (χ2v) is 2.97. The highest BCUT2D eigenvalue weighted by atomic mass is 14.6. The monoisotopic (exact) mass is 141 g/mol. The third-order valence-electron chi connectivity index (χ3n) is 1.87. The minimum atomic E-state index is 0.506. The van der Waals surface area contributed by atoms with Gasteiger partial charge < -0.3 is 5.73 Å². The summed E-state index contributed by atoms with van der Waals surface area (Å²) in [4.78, 5) is 0. The van der Waals surface area contributed by atoms with Crippen molar-refractivity contribution in [3.05, 3.63) is 12.3 Å². The molecule has 0 radical (unpaired) electrons. The van der Waals surface area contributed by atoms with E-state index in [0.717, 1.165) is 5.70 Å². The SMILES string of the molecule is C=C(N)C(C)CCCCC. The largest absolute Gasteiger partial charge is 0.402 e. The zero-order chi connectivity index (χ0) is 7.98. The molecular formula is C9H19N. The summed E-state index contributed by atoms with van der Waals surface area (Å²) in [6.45, 7) is 8.06. The van der Waals surface area contributed by atoms with E-state index >= 15 is 0 Å². The van der Waals surface area contributed by atoms with Crippen LogP contribution in [-0.2, 0) is 0 Å². The molecule has 0 heterocycles. The van der Waals surface area contributed by atoms with Gasteiger partial charge in [-0.3, -0.25) is 0 Å². The predicted molar refractivity (Wildman–Crippen MR) is 46.6 cm³/mol. The van der Waals surface area contributed by atoms with Crippen LogP contribution in [0.5, 0.6) is 0 Å². The Labute approximate surface area is 64.3 Å². The van der Waals surface area contributed by atoms with E-state index < -0.39 is 0 Å². The highest BCUT2D eigenvalue weighted by molar-refractivity contribution is 4.91. The van der Waals surface area contributed by atoms with Crippen LogP contribution in [0.1, 0.15) is 39.5 Å². The first-order valence-electron chi connectivity index (χ1n) is 4.12. The molecule has 1 unspecified atom stereocenters. The highest BCUT2D eigenvalue weighted by Gasteiger charge is 2.00. The lowest BCUT2D eigenvalue weighted by Crippen LogP contribution is -2.06. The molecule has 0 aromatic heterocycles. The summed E-state index contributed by atoms with van der Waals surface area (Å²) in [5, 5.41) is 0. The molecule has 1 heteroatoms. The summed E-state index contributed by atoms with van der Waals surface area (Å²) in [5.74, 6) is 0.506. The summed E-state index contributed by atoms with van der Waals surface area (Å²) in [7, 11) is 0.